The number of aliphatic hydroxyl groups excluding tert-OH is 1. The first-order valence-corrected chi connectivity index (χ1v) is 19.8. The number of carbonyl (C=O) groups excluding carboxylic acids is 5. The van der Waals surface area contributed by atoms with Gasteiger partial charge in [-0.1, -0.05) is 45.0 Å². The van der Waals surface area contributed by atoms with Crippen LogP contribution < -0.4 is 21.3 Å². The number of fused-ring (bicyclic) bond motifs is 1. The third-order valence-corrected chi connectivity index (χ3v) is 11.2. The minimum Gasteiger partial charge on any atom is -0.391 e. The highest BCUT2D eigenvalue weighted by Crippen LogP contribution is 2.35. The molecule has 0 saturated carbocycles. The molecule has 58 heavy (non-hydrogen) atoms. The first kappa shape index (κ1) is 41.9. The summed E-state index contributed by atoms with van der Waals surface area (Å²) in [6.45, 7) is 10.6. The number of benzene rings is 2. The molecule has 1 saturated heterocycles. The van der Waals surface area contributed by atoms with Crippen LogP contribution in [0.1, 0.15) is 71.3 Å². The highest BCUT2D eigenvalue weighted by Gasteiger charge is 2.44. The van der Waals surface area contributed by atoms with Crippen molar-refractivity contribution in [2.75, 3.05) is 31.6 Å². The first-order chi connectivity index (χ1) is 27.5. The molecule has 2 aliphatic heterocycles. The van der Waals surface area contributed by atoms with E-state index in [0.717, 1.165) is 21.7 Å². The van der Waals surface area contributed by atoms with Gasteiger partial charge in [0.2, 0.25) is 17.7 Å². The van der Waals surface area contributed by atoms with E-state index in [1.165, 1.54) is 23.1 Å². The summed E-state index contributed by atoms with van der Waals surface area (Å²) in [4.78, 5) is 76.0. The number of amides is 5. The number of aromatic amines is 1. The molecule has 1 fully saturated rings. The largest absolute Gasteiger partial charge is 0.391 e. The van der Waals surface area contributed by atoms with Crippen LogP contribution in [0.4, 0.5) is 10.1 Å². The number of hydrogen-bond donors (Lipinski definition) is 6. The number of carbonyl (C=O) groups is 5. The number of anilines is 1. The number of halogens is 1. The van der Waals surface area contributed by atoms with E-state index in [9.17, 15) is 33.5 Å². The number of likely N-dealkylation sites (tertiary alicyclic amines) is 1. The lowest BCUT2D eigenvalue weighted by atomic mass is 9.85. The summed E-state index contributed by atoms with van der Waals surface area (Å²) in [6.07, 6.45) is 0.745. The fourth-order valence-corrected chi connectivity index (χ4v) is 7.99. The van der Waals surface area contributed by atoms with Crippen LogP contribution in [-0.4, -0.2) is 94.0 Å². The van der Waals surface area contributed by atoms with Gasteiger partial charge in [-0.25, -0.2) is 9.37 Å². The molecule has 0 spiro atoms. The second-order valence-electron chi connectivity index (χ2n) is 15.6. The highest BCUT2D eigenvalue weighted by atomic mass is 32.1. The van der Waals surface area contributed by atoms with Gasteiger partial charge < -0.3 is 41.0 Å². The Morgan fingerprint density at radius 2 is 1.84 bits per heavy atom. The van der Waals surface area contributed by atoms with E-state index in [4.69, 9.17) is 4.74 Å². The number of β-amino-alcohol motifs (C(OH)–C–C–N with tert-alkyl or cyclic N) is 1. The molecule has 4 aromatic rings. The molecule has 2 aromatic heterocycles. The molecule has 6 rings (SSSR count). The maximum atomic E-state index is 13.9. The number of hydrogen-bond acceptors (Lipinski definition) is 9. The molecule has 3 atom stereocenters. The number of nitrogens with zero attached hydrogens (tertiary/aromatic N) is 2. The van der Waals surface area contributed by atoms with Crippen LogP contribution in [-0.2, 0) is 30.5 Å². The van der Waals surface area contributed by atoms with Crippen molar-refractivity contribution in [3.05, 3.63) is 93.1 Å². The Morgan fingerprint density at radius 1 is 1.10 bits per heavy atom. The van der Waals surface area contributed by atoms with Gasteiger partial charge in [-0.3, -0.25) is 24.0 Å². The van der Waals surface area contributed by atoms with Gasteiger partial charge in [0.15, 0.2) is 0 Å². The second-order valence-corrected chi connectivity index (χ2v) is 16.5. The molecule has 0 bridgehead atoms. The van der Waals surface area contributed by atoms with E-state index in [1.807, 2.05) is 31.2 Å². The van der Waals surface area contributed by atoms with Crippen molar-refractivity contribution in [1.82, 2.24) is 30.8 Å². The van der Waals surface area contributed by atoms with Crippen LogP contribution in [0.3, 0.4) is 0 Å². The Morgan fingerprint density at radius 3 is 2.53 bits per heavy atom. The zero-order valence-corrected chi connectivity index (χ0v) is 34.1. The molecule has 2 aromatic carbocycles. The first-order valence-electron chi connectivity index (χ1n) is 18.9. The van der Waals surface area contributed by atoms with Crippen molar-refractivity contribution in [1.29, 1.82) is 0 Å². The van der Waals surface area contributed by atoms with E-state index in [2.05, 4.69) is 31.2 Å². The van der Waals surface area contributed by atoms with Crippen molar-refractivity contribution < 1.29 is 38.2 Å². The van der Waals surface area contributed by atoms with Crippen LogP contribution in [0.5, 0.6) is 0 Å². The number of ether oxygens (including phenoxy) is 1. The number of aromatic nitrogens is 2. The van der Waals surface area contributed by atoms with Gasteiger partial charge >= 0.3 is 0 Å². The van der Waals surface area contributed by atoms with Crippen molar-refractivity contribution in [2.24, 2.45) is 5.41 Å². The van der Waals surface area contributed by atoms with Crippen molar-refractivity contribution >= 4 is 58.2 Å². The van der Waals surface area contributed by atoms with E-state index in [1.54, 1.807) is 57.5 Å². The van der Waals surface area contributed by atoms with Crippen LogP contribution >= 0.6 is 11.3 Å². The number of H-pyrrole nitrogens is 1. The zero-order chi connectivity index (χ0) is 41.9. The predicted octanol–water partition coefficient (Wildman–Crippen LogP) is 4.25. The summed E-state index contributed by atoms with van der Waals surface area (Å²) in [5.74, 6) is -2.71. The standard InChI is InChI=1S/C42H48FN7O7S/c1-22-32(17-30-29-15-27(43)11-12-31(29)48-38(30)53)47-23(2)35(22)40(55)44-13-14-57-20-34(52)49-37(42(4,5)6)41(56)50-19-28(51)16-33(50)39(54)45-18-25-7-9-26(10-8-25)36-24(3)46-21-58-36/h7-12,15,17,21,28,33,37,47,51H,13-14,16,18-20H2,1-6H3,(H,44,55)(H,45,54)(H,48,53)(H,49,52)/b30-17-/t28-,33+,37-/m1/s1. The minimum absolute atomic E-state index is 0.0105. The molecule has 306 valence electrons. The molecular formula is C42H48FN7O7S. The molecule has 6 N–H and O–H groups in total. The summed E-state index contributed by atoms with van der Waals surface area (Å²) in [7, 11) is 0. The van der Waals surface area contributed by atoms with E-state index in [0.29, 0.717) is 33.8 Å². The van der Waals surface area contributed by atoms with E-state index in [-0.39, 0.29) is 44.1 Å². The Balaban J connectivity index is 0.990. The molecule has 0 unspecified atom stereocenters. The SMILES string of the molecule is Cc1ncsc1-c1ccc(CNC(=O)[C@@H]2C[C@@H](O)CN2C(=O)[C@@H](NC(=O)COCCNC(=O)c2c(C)[nH]c(/C=C3\C(=O)Nc4ccc(F)cc43)c2C)C(C)(C)C)cc1. The van der Waals surface area contributed by atoms with Gasteiger partial charge in [0.1, 0.15) is 24.5 Å². The third-order valence-electron chi connectivity index (χ3n) is 10.2. The molecular weight excluding hydrogens is 766 g/mol. The summed E-state index contributed by atoms with van der Waals surface area (Å²) in [6, 6.07) is 9.88. The van der Waals surface area contributed by atoms with Crippen molar-refractivity contribution in [2.45, 2.75) is 72.7 Å². The van der Waals surface area contributed by atoms with Gasteiger partial charge in [-0.2, -0.15) is 0 Å². The summed E-state index contributed by atoms with van der Waals surface area (Å²) in [5, 5.41) is 21.7. The summed E-state index contributed by atoms with van der Waals surface area (Å²) in [5.41, 5.74) is 7.17. The van der Waals surface area contributed by atoms with E-state index < -0.39 is 59.7 Å². The Hall–Kier alpha value is -5.71. The molecule has 0 radical (unpaired) electrons. The molecule has 2 aliphatic rings. The smallest absolute Gasteiger partial charge is 0.256 e. The number of aliphatic hydroxyl groups is 1. The fourth-order valence-electron chi connectivity index (χ4n) is 7.18. The van der Waals surface area contributed by atoms with Crippen molar-refractivity contribution in [3.8, 4) is 10.4 Å². The van der Waals surface area contributed by atoms with Crippen LogP contribution in [0.25, 0.3) is 22.1 Å². The molecule has 14 nitrogen and oxygen atoms in total. The van der Waals surface area contributed by atoms with Gasteiger partial charge in [-0.15, -0.1) is 11.3 Å². The lowest BCUT2D eigenvalue weighted by Crippen LogP contribution is -2.58. The Labute approximate surface area is 339 Å². The molecule has 4 heterocycles. The topological polar surface area (TPSA) is 195 Å². The van der Waals surface area contributed by atoms with E-state index >= 15 is 0 Å². The quantitative estimate of drug-likeness (QED) is 0.0852. The monoisotopic (exact) mass is 813 g/mol. The lowest BCUT2D eigenvalue weighted by Gasteiger charge is -2.35. The van der Waals surface area contributed by atoms with Gasteiger partial charge in [0.25, 0.3) is 11.8 Å². The predicted molar refractivity (Wildman–Crippen MR) is 218 cm³/mol. The number of aryl methyl sites for hydroxylation is 2. The Kier molecular flexibility index (Phi) is 12.6. The summed E-state index contributed by atoms with van der Waals surface area (Å²) < 4.78 is 19.5. The second kappa shape index (κ2) is 17.4. The third kappa shape index (κ3) is 9.35. The molecule has 5 amide bonds. The minimum atomic E-state index is -1.03. The average Bonchev–Trinajstić information content (AvgIpc) is 3.93. The summed E-state index contributed by atoms with van der Waals surface area (Å²) >= 11 is 1.56. The lowest BCUT2D eigenvalue weighted by molar-refractivity contribution is -0.144. The average molecular weight is 814 g/mol. The molecule has 0 aliphatic carbocycles. The number of nitrogens with one attached hydrogen (secondary N) is 5. The van der Waals surface area contributed by atoms with Crippen molar-refractivity contribution in [3.63, 3.8) is 0 Å². The number of rotatable bonds is 13. The normalized spacial score (nSPS) is 17.6. The highest BCUT2D eigenvalue weighted by molar-refractivity contribution is 7.13. The van der Waals surface area contributed by atoms with Gasteiger partial charge in [0, 0.05) is 48.7 Å². The van der Waals surface area contributed by atoms with Gasteiger partial charge in [-0.05, 0) is 67.2 Å². The maximum Gasteiger partial charge on any atom is 0.256 e. The Bertz CT molecular complexity index is 2260. The van der Waals surface area contributed by atoms with Crippen LogP contribution in [0, 0.1) is 32.0 Å². The maximum absolute atomic E-state index is 13.9. The van der Waals surface area contributed by atoms with Crippen LogP contribution in [0.2, 0.25) is 0 Å². The number of thiazole rings is 1. The van der Waals surface area contributed by atoms with Gasteiger partial charge in [0.05, 0.1) is 39.9 Å². The zero-order valence-electron chi connectivity index (χ0n) is 33.2. The van der Waals surface area contributed by atoms with Crippen LogP contribution in [0.15, 0.2) is 48.0 Å². The molecule has 16 heteroatoms. The fraction of sp³-hybridized carbons (Fsp3) is 0.381.